The molecule has 1 aliphatic carbocycles. The second kappa shape index (κ2) is 10.4. The summed E-state index contributed by atoms with van der Waals surface area (Å²) in [5, 5.41) is 2.38. The summed E-state index contributed by atoms with van der Waals surface area (Å²) in [5.74, 6) is 1.92. The van der Waals surface area contributed by atoms with Crippen LogP contribution in [0.3, 0.4) is 0 Å². The van der Waals surface area contributed by atoms with Crippen LogP contribution in [0.4, 0.5) is 0 Å². The molecule has 4 nitrogen and oxygen atoms in total. The monoisotopic (exact) mass is 652 g/mol. The van der Waals surface area contributed by atoms with Crippen molar-refractivity contribution < 1.29 is 0 Å². The lowest BCUT2D eigenvalue weighted by molar-refractivity contribution is 0.658. The summed E-state index contributed by atoms with van der Waals surface area (Å²) in [6.45, 7) is 4.73. The Labute approximate surface area is 286 Å². The van der Waals surface area contributed by atoms with Gasteiger partial charge < -0.3 is 0 Å². The summed E-state index contributed by atoms with van der Waals surface area (Å²) in [7, 11) is 0. The summed E-state index contributed by atoms with van der Waals surface area (Å²) >= 11 is 3.75. The number of nitrogens with zero attached hydrogens (tertiary/aromatic N) is 4. The second-order valence-corrected chi connectivity index (χ2v) is 15.0. The molecule has 228 valence electrons. The zero-order chi connectivity index (χ0) is 32.0. The third-order valence-electron chi connectivity index (χ3n) is 9.71. The van der Waals surface area contributed by atoms with Gasteiger partial charge in [-0.1, -0.05) is 140 Å². The van der Waals surface area contributed by atoms with Crippen LogP contribution in [0, 0.1) is 0 Å². The van der Waals surface area contributed by atoms with Gasteiger partial charge in [0.05, 0.1) is 11.0 Å². The highest BCUT2D eigenvalue weighted by Gasteiger charge is 2.39. The van der Waals surface area contributed by atoms with Gasteiger partial charge in [0, 0.05) is 52.5 Å². The van der Waals surface area contributed by atoms with E-state index in [1.165, 1.54) is 52.6 Å². The average Bonchev–Trinajstić information content (AvgIpc) is 3.58. The molecule has 0 saturated carbocycles. The smallest absolute Gasteiger partial charge is 0.238 e. The van der Waals surface area contributed by atoms with E-state index in [1.54, 1.807) is 0 Å². The molecule has 3 heterocycles. The molecule has 0 atom stereocenters. The molecule has 0 bridgehead atoms. The maximum Gasteiger partial charge on any atom is 0.238 e. The van der Waals surface area contributed by atoms with E-state index in [1.807, 2.05) is 59.9 Å². The first-order chi connectivity index (χ1) is 23.5. The van der Waals surface area contributed by atoms with Gasteiger partial charge >= 0.3 is 0 Å². The lowest BCUT2D eigenvalue weighted by atomic mass is 9.82. The third-order valence-corrected chi connectivity index (χ3v) is 12.2. The molecule has 0 N–H and O–H groups in total. The van der Waals surface area contributed by atoms with Crippen LogP contribution in [-0.2, 0) is 5.41 Å². The Bertz CT molecular complexity index is 2530. The quantitative estimate of drug-likeness (QED) is 0.190. The first-order valence-electron chi connectivity index (χ1n) is 16.1. The van der Waals surface area contributed by atoms with E-state index in [0.29, 0.717) is 17.6 Å². The van der Waals surface area contributed by atoms with Crippen molar-refractivity contribution in [3.63, 3.8) is 0 Å². The van der Waals surface area contributed by atoms with Gasteiger partial charge in [-0.25, -0.2) is 4.98 Å². The Morgan fingerprint density at radius 1 is 0.521 bits per heavy atom. The van der Waals surface area contributed by atoms with Crippen molar-refractivity contribution in [2.75, 3.05) is 0 Å². The van der Waals surface area contributed by atoms with E-state index >= 15 is 0 Å². The highest BCUT2D eigenvalue weighted by Crippen LogP contribution is 2.57. The molecule has 0 radical (unpaired) electrons. The van der Waals surface area contributed by atoms with Crippen molar-refractivity contribution in [3.05, 3.63) is 145 Å². The highest BCUT2D eigenvalue weighted by atomic mass is 32.2. The molecule has 2 aromatic heterocycles. The van der Waals surface area contributed by atoms with Gasteiger partial charge in [0.25, 0.3) is 0 Å². The fraction of sp³-hybridized carbons (Fsp3) is 0.0714. The van der Waals surface area contributed by atoms with E-state index in [9.17, 15) is 0 Å². The lowest BCUT2D eigenvalue weighted by Crippen LogP contribution is -2.15. The van der Waals surface area contributed by atoms with E-state index in [-0.39, 0.29) is 5.41 Å². The van der Waals surface area contributed by atoms with E-state index in [4.69, 9.17) is 15.0 Å². The molecule has 0 saturated heterocycles. The molecule has 8 aromatic rings. The maximum atomic E-state index is 5.22. The van der Waals surface area contributed by atoms with E-state index < -0.39 is 0 Å². The van der Waals surface area contributed by atoms with Crippen molar-refractivity contribution in [1.82, 2.24) is 19.5 Å². The van der Waals surface area contributed by atoms with Crippen LogP contribution >= 0.6 is 23.5 Å². The van der Waals surface area contributed by atoms with Crippen molar-refractivity contribution >= 4 is 45.3 Å². The molecule has 0 spiro atoms. The summed E-state index contributed by atoms with van der Waals surface area (Å²) in [4.78, 5) is 20.7. The van der Waals surface area contributed by atoms with Gasteiger partial charge in [-0.2, -0.15) is 9.97 Å². The number of hydrogen-bond donors (Lipinski definition) is 0. The zero-order valence-electron chi connectivity index (χ0n) is 26.3. The van der Waals surface area contributed by atoms with Gasteiger partial charge in [-0.05, 0) is 47.0 Å². The first-order valence-corrected chi connectivity index (χ1v) is 17.8. The van der Waals surface area contributed by atoms with Crippen molar-refractivity contribution in [3.8, 4) is 39.9 Å². The summed E-state index contributed by atoms with van der Waals surface area (Å²) < 4.78 is 2.28. The fourth-order valence-electron chi connectivity index (χ4n) is 7.40. The minimum absolute atomic E-state index is 0.180. The van der Waals surface area contributed by atoms with Gasteiger partial charge in [-0.15, -0.1) is 0 Å². The minimum Gasteiger partial charge on any atom is -0.277 e. The predicted molar refractivity (Wildman–Crippen MR) is 197 cm³/mol. The molecule has 6 heteroatoms. The lowest BCUT2D eigenvalue weighted by Gasteiger charge is -2.24. The third kappa shape index (κ3) is 4.09. The summed E-state index contributed by atoms with van der Waals surface area (Å²) in [6, 6.07) is 47.3. The molecule has 2 aliphatic rings. The fourth-order valence-corrected chi connectivity index (χ4v) is 9.68. The number of benzene rings is 6. The Kier molecular flexibility index (Phi) is 6.05. The van der Waals surface area contributed by atoms with Gasteiger partial charge in [0.1, 0.15) is 0 Å². The highest BCUT2D eigenvalue weighted by molar-refractivity contribution is 8.05. The van der Waals surface area contributed by atoms with Crippen LogP contribution in [0.15, 0.2) is 153 Å². The number of rotatable bonds is 3. The zero-order valence-corrected chi connectivity index (χ0v) is 27.9. The van der Waals surface area contributed by atoms with Crippen LogP contribution in [-0.4, -0.2) is 19.5 Å². The topological polar surface area (TPSA) is 43.6 Å². The van der Waals surface area contributed by atoms with Crippen LogP contribution in [0.1, 0.15) is 25.0 Å². The van der Waals surface area contributed by atoms with E-state index in [2.05, 4.69) is 115 Å². The van der Waals surface area contributed by atoms with Gasteiger partial charge in [0.2, 0.25) is 5.95 Å². The number of para-hydroxylation sites is 1. The SMILES string of the molecule is CC1(C)c2cc3c(cc2-c2c1ccc1c4ccccc4n(-c4nc(-c5ccccc5)nc(-c5ccccc5)n4)c21)Sc1ccccc1S3. The van der Waals surface area contributed by atoms with Crippen LogP contribution in [0.5, 0.6) is 0 Å². The normalized spacial score (nSPS) is 14.0. The molecule has 0 fully saturated rings. The van der Waals surface area contributed by atoms with Crippen LogP contribution in [0.2, 0.25) is 0 Å². The Morgan fingerprint density at radius 3 is 1.77 bits per heavy atom. The van der Waals surface area contributed by atoms with Gasteiger partial charge in [-0.3, -0.25) is 4.57 Å². The van der Waals surface area contributed by atoms with Gasteiger partial charge in [0.15, 0.2) is 11.6 Å². The largest absolute Gasteiger partial charge is 0.277 e. The molecule has 6 aromatic carbocycles. The molecular formula is C42H28N4S2. The Morgan fingerprint density at radius 2 is 1.10 bits per heavy atom. The van der Waals surface area contributed by atoms with Crippen LogP contribution < -0.4 is 0 Å². The number of fused-ring (bicyclic) bond motifs is 9. The molecule has 48 heavy (non-hydrogen) atoms. The van der Waals surface area contributed by atoms with Crippen LogP contribution in [0.25, 0.3) is 61.7 Å². The van der Waals surface area contributed by atoms with Crippen molar-refractivity contribution in [2.24, 2.45) is 0 Å². The summed E-state index contributed by atoms with van der Waals surface area (Å²) in [5.41, 5.74) is 9.18. The molecule has 0 unspecified atom stereocenters. The first kappa shape index (κ1) is 27.9. The Hall–Kier alpha value is -5.17. The second-order valence-electron chi connectivity index (χ2n) is 12.9. The predicted octanol–water partition coefficient (Wildman–Crippen LogP) is 11.2. The number of aromatic nitrogens is 4. The van der Waals surface area contributed by atoms with Crippen molar-refractivity contribution in [1.29, 1.82) is 0 Å². The Balaban J connectivity index is 1.29. The number of hydrogen-bond acceptors (Lipinski definition) is 5. The minimum atomic E-state index is -0.180. The maximum absolute atomic E-state index is 5.22. The summed E-state index contributed by atoms with van der Waals surface area (Å²) in [6.07, 6.45) is 0. The molecule has 1 aliphatic heterocycles. The van der Waals surface area contributed by atoms with E-state index in [0.717, 1.165) is 22.2 Å². The van der Waals surface area contributed by atoms with Crippen molar-refractivity contribution in [2.45, 2.75) is 38.8 Å². The molecule has 0 amide bonds. The standard InChI is InChI=1S/C42H28N4S2/c1-42(2)30-22-21-28-27-17-9-10-18-32(27)46(41-44-39(25-13-5-3-6-14-25)43-40(45-41)26-15-7-4-8-16-26)38(28)37(30)29-23-35-36(24-31(29)42)48-34-20-12-11-19-33(34)47-35/h3-24H,1-2H3. The average molecular weight is 653 g/mol. The molecule has 10 rings (SSSR count). The molecular weight excluding hydrogens is 625 g/mol.